The second-order valence-corrected chi connectivity index (χ2v) is 5.55. The lowest BCUT2D eigenvalue weighted by Crippen LogP contribution is -2.33. The molecule has 1 aliphatic rings. The van der Waals surface area contributed by atoms with Crippen molar-refractivity contribution in [2.45, 2.75) is 45.1 Å². The van der Waals surface area contributed by atoms with Crippen LogP contribution in [0.15, 0.2) is 18.2 Å². The van der Waals surface area contributed by atoms with Gasteiger partial charge in [0, 0.05) is 17.6 Å². The fraction of sp³-hybridized carbons (Fsp3) is 0.500. The van der Waals surface area contributed by atoms with E-state index in [-0.39, 0.29) is 11.7 Å². The second-order valence-electron chi connectivity index (χ2n) is 5.55. The van der Waals surface area contributed by atoms with Gasteiger partial charge < -0.3 is 14.8 Å². The zero-order chi connectivity index (χ0) is 16.1. The number of ether oxygens (including phenoxy) is 1. The van der Waals surface area contributed by atoms with E-state index in [9.17, 15) is 8.78 Å². The lowest BCUT2D eigenvalue weighted by molar-refractivity contribution is 0.0466. The first-order valence-corrected chi connectivity index (χ1v) is 7.69. The lowest BCUT2D eigenvalue weighted by atomic mass is 9.78. The van der Waals surface area contributed by atoms with Crippen molar-refractivity contribution in [2.75, 3.05) is 6.61 Å². The Morgan fingerprint density at radius 2 is 2.05 bits per heavy atom. The van der Waals surface area contributed by atoms with Crippen LogP contribution < -0.4 is 5.46 Å². The largest absolute Gasteiger partial charge is 0.491 e. The monoisotopic (exact) mass is 310 g/mol. The molecule has 22 heavy (non-hydrogen) atoms. The van der Waals surface area contributed by atoms with E-state index in [1.54, 1.807) is 0 Å². The van der Waals surface area contributed by atoms with Crippen molar-refractivity contribution in [1.82, 2.24) is 0 Å². The molecule has 0 saturated heterocycles. The molecule has 0 heterocycles. The van der Waals surface area contributed by atoms with Gasteiger partial charge in [0.05, 0.1) is 6.10 Å². The van der Waals surface area contributed by atoms with E-state index >= 15 is 0 Å². The predicted octanol–water partition coefficient (Wildman–Crippen LogP) is 2.40. The fourth-order valence-corrected chi connectivity index (χ4v) is 2.61. The zero-order valence-electron chi connectivity index (χ0n) is 12.7. The van der Waals surface area contributed by atoms with Crippen molar-refractivity contribution < 1.29 is 23.6 Å². The summed E-state index contributed by atoms with van der Waals surface area (Å²) in [7, 11) is -2.01. The molecule has 120 valence electrons. The van der Waals surface area contributed by atoms with Crippen LogP contribution in [0.25, 0.3) is 5.57 Å². The molecule has 0 bridgehead atoms. The second kappa shape index (κ2) is 7.86. The number of hydrogen-bond donors (Lipinski definition) is 2. The average Bonchev–Trinajstić information content (AvgIpc) is 2.51. The number of allylic oxidation sites excluding steroid dienone is 1. The van der Waals surface area contributed by atoms with E-state index in [0.717, 1.165) is 31.4 Å². The third-order valence-electron chi connectivity index (χ3n) is 3.95. The summed E-state index contributed by atoms with van der Waals surface area (Å²) in [6.45, 7) is 2.84. The van der Waals surface area contributed by atoms with E-state index in [1.807, 2.05) is 6.08 Å². The zero-order valence-corrected chi connectivity index (χ0v) is 12.7. The van der Waals surface area contributed by atoms with Crippen molar-refractivity contribution in [3.8, 4) is 0 Å². The van der Waals surface area contributed by atoms with Crippen LogP contribution in [0.1, 0.15) is 44.6 Å². The Hall–Kier alpha value is -1.24. The first-order chi connectivity index (χ1) is 10.5. The predicted molar refractivity (Wildman–Crippen MR) is 82.7 cm³/mol. The molecule has 0 aliphatic heterocycles. The summed E-state index contributed by atoms with van der Waals surface area (Å²) in [5, 5.41) is 18.0. The molecule has 0 saturated carbocycles. The highest BCUT2D eigenvalue weighted by atomic mass is 19.2. The summed E-state index contributed by atoms with van der Waals surface area (Å²) in [5.41, 5.74) is 0.484. The molecule has 0 aromatic heterocycles. The molecule has 1 aliphatic carbocycles. The molecule has 1 atom stereocenters. The molecular formula is C16H21BF2O3. The topological polar surface area (TPSA) is 49.7 Å². The van der Waals surface area contributed by atoms with Crippen LogP contribution in [0, 0.1) is 11.6 Å². The summed E-state index contributed by atoms with van der Waals surface area (Å²) >= 11 is 0. The van der Waals surface area contributed by atoms with Gasteiger partial charge in [0.2, 0.25) is 0 Å². The number of unbranched alkanes of at least 4 members (excludes halogenated alkanes) is 1. The van der Waals surface area contributed by atoms with E-state index in [0.29, 0.717) is 12.8 Å². The Bertz CT molecular complexity index is 546. The van der Waals surface area contributed by atoms with Crippen molar-refractivity contribution in [2.24, 2.45) is 0 Å². The third-order valence-corrected chi connectivity index (χ3v) is 3.95. The van der Waals surface area contributed by atoms with Crippen LogP contribution in [-0.2, 0) is 4.74 Å². The highest BCUT2D eigenvalue weighted by molar-refractivity contribution is 6.58. The number of rotatable bonds is 6. The van der Waals surface area contributed by atoms with Gasteiger partial charge >= 0.3 is 7.12 Å². The summed E-state index contributed by atoms with van der Waals surface area (Å²) in [4.78, 5) is 0. The van der Waals surface area contributed by atoms with Gasteiger partial charge in [0.15, 0.2) is 11.6 Å². The summed E-state index contributed by atoms with van der Waals surface area (Å²) < 4.78 is 33.6. The Morgan fingerprint density at radius 1 is 1.27 bits per heavy atom. The van der Waals surface area contributed by atoms with Crippen molar-refractivity contribution in [1.29, 1.82) is 0 Å². The quantitative estimate of drug-likeness (QED) is 0.626. The van der Waals surface area contributed by atoms with E-state index in [1.165, 1.54) is 12.1 Å². The summed E-state index contributed by atoms with van der Waals surface area (Å²) in [6, 6.07) is 2.61. The Kier molecular flexibility index (Phi) is 6.11. The fourth-order valence-electron chi connectivity index (χ4n) is 2.61. The first-order valence-electron chi connectivity index (χ1n) is 7.69. The molecule has 3 nitrogen and oxygen atoms in total. The summed E-state index contributed by atoms with van der Waals surface area (Å²) in [6.07, 6.45) is 6.22. The highest BCUT2D eigenvalue weighted by Crippen LogP contribution is 2.30. The highest BCUT2D eigenvalue weighted by Gasteiger charge is 2.24. The van der Waals surface area contributed by atoms with Crippen molar-refractivity contribution in [3.63, 3.8) is 0 Å². The standard InChI is InChI=1S/C16H21BF2O3/c1-2-3-10-22-12-6-4-11(5-7-12)13-8-9-14(17(20)21)16(19)15(13)18/h4,8-9,12,20-21H,2-3,5-7,10H2,1H3. The molecule has 0 fully saturated rings. The molecule has 0 amide bonds. The minimum atomic E-state index is -2.01. The van der Waals surface area contributed by atoms with Gasteiger partial charge in [0.25, 0.3) is 0 Å². The van der Waals surface area contributed by atoms with Crippen LogP contribution in [0.2, 0.25) is 0 Å². The van der Waals surface area contributed by atoms with E-state index in [4.69, 9.17) is 14.8 Å². The van der Waals surface area contributed by atoms with Gasteiger partial charge in [-0.25, -0.2) is 8.78 Å². The SMILES string of the molecule is CCCCOC1CC=C(c2ccc(B(O)O)c(F)c2F)CC1. The van der Waals surface area contributed by atoms with Gasteiger partial charge in [-0.3, -0.25) is 0 Å². The number of halogens is 2. The smallest absolute Gasteiger partial charge is 0.423 e. The Morgan fingerprint density at radius 3 is 2.64 bits per heavy atom. The van der Waals surface area contributed by atoms with Crippen LogP contribution >= 0.6 is 0 Å². The maximum Gasteiger partial charge on any atom is 0.491 e. The maximum atomic E-state index is 14.1. The molecular weight excluding hydrogens is 289 g/mol. The lowest BCUT2D eigenvalue weighted by Gasteiger charge is -2.23. The molecule has 1 aromatic carbocycles. The Labute approximate surface area is 129 Å². The first kappa shape index (κ1) is 17.1. The van der Waals surface area contributed by atoms with Crippen molar-refractivity contribution >= 4 is 18.2 Å². The number of benzene rings is 1. The molecule has 0 spiro atoms. The van der Waals surface area contributed by atoms with E-state index in [2.05, 4.69) is 6.92 Å². The Balaban J connectivity index is 2.09. The molecule has 2 rings (SSSR count). The molecule has 1 unspecified atom stereocenters. The van der Waals surface area contributed by atoms with Crippen LogP contribution in [0.3, 0.4) is 0 Å². The minimum Gasteiger partial charge on any atom is -0.423 e. The minimum absolute atomic E-state index is 0.141. The van der Waals surface area contributed by atoms with Crippen LogP contribution in [0.4, 0.5) is 8.78 Å². The van der Waals surface area contributed by atoms with Gasteiger partial charge in [-0.15, -0.1) is 0 Å². The summed E-state index contributed by atoms with van der Waals surface area (Å²) in [5.74, 6) is -2.23. The van der Waals surface area contributed by atoms with Gasteiger partial charge in [-0.2, -0.15) is 0 Å². The van der Waals surface area contributed by atoms with Gasteiger partial charge in [0.1, 0.15) is 0 Å². The van der Waals surface area contributed by atoms with Crippen LogP contribution in [-0.4, -0.2) is 29.9 Å². The third kappa shape index (κ3) is 3.94. The molecule has 6 heteroatoms. The molecule has 2 N–H and O–H groups in total. The number of hydrogen-bond acceptors (Lipinski definition) is 3. The van der Waals surface area contributed by atoms with E-state index < -0.39 is 24.2 Å². The van der Waals surface area contributed by atoms with Gasteiger partial charge in [-0.1, -0.05) is 31.6 Å². The average molecular weight is 310 g/mol. The van der Waals surface area contributed by atoms with Gasteiger partial charge in [-0.05, 0) is 31.3 Å². The maximum absolute atomic E-state index is 14.1. The molecule has 0 radical (unpaired) electrons. The van der Waals surface area contributed by atoms with Crippen LogP contribution in [0.5, 0.6) is 0 Å². The van der Waals surface area contributed by atoms with Crippen molar-refractivity contribution in [3.05, 3.63) is 35.4 Å². The molecule has 1 aromatic rings. The normalized spacial score (nSPS) is 18.2.